The summed E-state index contributed by atoms with van der Waals surface area (Å²) in [4.78, 5) is 16.8. The fourth-order valence-corrected chi connectivity index (χ4v) is 3.71. The lowest BCUT2D eigenvalue weighted by atomic mass is 9.92. The predicted octanol–water partition coefficient (Wildman–Crippen LogP) is 4.54. The second kappa shape index (κ2) is 8.69. The summed E-state index contributed by atoms with van der Waals surface area (Å²) in [5.41, 5.74) is 4.04. The van der Waals surface area contributed by atoms with Crippen molar-refractivity contribution in [3.63, 3.8) is 0 Å². The van der Waals surface area contributed by atoms with E-state index in [9.17, 15) is 4.79 Å². The molecule has 2 N–H and O–H groups in total. The van der Waals surface area contributed by atoms with Crippen LogP contribution in [0, 0.1) is 0 Å². The standard InChI is InChI=1S/C24H24N4O2/c1-28-16-22(20-10-3-4-11-23(20)28)21(17-7-6-12-25-14-17)15-26-24(29)27-18-8-5-9-19(13-18)30-2/h3-14,16,21H,15H2,1-2H3,(H2,26,27,29). The highest BCUT2D eigenvalue weighted by atomic mass is 16.5. The van der Waals surface area contributed by atoms with Crippen LogP contribution < -0.4 is 15.4 Å². The molecule has 0 aliphatic carbocycles. The van der Waals surface area contributed by atoms with Gasteiger partial charge in [0.05, 0.1) is 7.11 Å². The molecule has 0 fully saturated rings. The molecule has 0 aliphatic rings. The zero-order valence-electron chi connectivity index (χ0n) is 17.0. The van der Waals surface area contributed by atoms with Gasteiger partial charge in [0.2, 0.25) is 0 Å². The van der Waals surface area contributed by atoms with Gasteiger partial charge in [0.15, 0.2) is 0 Å². The van der Waals surface area contributed by atoms with Gasteiger partial charge in [-0.25, -0.2) is 4.79 Å². The van der Waals surface area contributed by atoms with Gasteiger partial charge >= 0.3 is 6.03 Å². The first-order chi connectivity index (χ1) is 14.7. The fourth-order valence-electron chi connectivity index (χ4n) is 3.71. The first-order valence-corrected chi connectivity index (χ1v) is 9.78. The molecule has 0 bridgehead atoms. The number of methoxy groups -OCH3 is 1. The van der Waals surface area contributed by atoms with E-state index >= 15 is 0 Å². The lowest BCUT2D eigenvalue weighted by molar-refractivity contribution is 0.252. The van der Waals surface area contributed by atoms with Gasteiger partial charge in [-0.05, 0) is 35.4 Å². The van der Waals surface area contributed by atoms with Gasteiger partial charge in [-0.3, -0.25) is 4.98 Å². The van der Waals surface area contributed by atoms with E-state index in [0.29, 0.717) is 18.0 Å². The Morgan fingerprint density at radius 3 is 2.80 bits per heavy atom. The number of benzene rings is 2. The smallest absolute Gasteiger partial charge is 0.319 e. The normalized spacial score (nSPS) is 11.8. The third kappa shape index (κ3) is 4.12. The van der Waals surface area contributed by atoms with Crippen LogP contribution in [0.1, 0.15) is 17.0 Å². The van der Waals surface area contributed by atoms with E-state index in [1.165, 1.54) is 5.39 Å². The molecule has 0 aliphatic heterocycles. The fraction of sp³-hybridized carbons (Fsp3) is 0.167. The Morgan fingerprint density at radius 2 is 2.00 bits per heavy atom. The van der Waals surface area contributed by atoms with Crippen molar-refractivity contribution in [2.75, 3.05) is 19.0 Å². The number of hydrogen-bond acceptors (Lipinski definition) is 3. The number of anilines is 1. The summed E-state index contributed by atoms with van der Waals surface area (Å²) in [5, 5.41) is 7.05. The molecular weight excluding hydrogens is 376 g/mol. The average molecular weight is 400 g/mol. The Bertz CT molecular complexity index is 1150. The van der Waals surface area contributed by atoms with Crippen LogP contribution >= 0.6 is 0 Å². The number of fused-ring (bicyclic) bond motifs is 1. The summed E-state index contributed by atoms with van der Waals surface area (Å²) in [6.45, 7) is 0.440. The molecule has 2 amide bonds. The minimum Gasteiger partial charge on any atom is -0.497 e. The molecule has 2 heterocycles. The monoisotopic (exact) mass is 400 g/mol. The summed E-state index contributed by atoms with van der Waals surface area (Å²) in [5.74, 6) is 0.664. The number of carbonyl (C=O) groups is 1. The van der Waals surface area contributed by atoms with Gasteiger partial charge in [0.1, 0.15) is 5.75 Å². The van der Waals surface area contributed by atoms with E-state index in [0.717, 1.165) is 16.6 Å². The molecule has 1 atom stereocenters. The molecule has 0 radical (unpaired) electrons. The van der Waals surface area contributed by atoms with Crippen LogP contribution in [0.25, 0.3) is 10.9 Å². The van der Waals surface area contributed by atoms with Gasteiger partial charge in [-0.2, -0.15) is 0 Å². The van der Waals surface area contributed by atoms with Crippen molar-refractivity contribution in [1.82, 2.24) is 14.9 Å². The van der Waals surface area contributed by atoms with E-state index in [1.54, 1.807) is 19.4 Å². The number of para-hydroxylation sites is 1. The molecular formula is C24H24N4O2. The number of aryl methyl sites for hydroxylation is 1. The molecule has 0 saturated heterocycles. The topological polar surface area (TPSA) is 68.2 Å². The number of urea groups is 1. The Hall–Kier alpha value is -3.80. The van der Waals surface area contributed by atoms with Crippen molar-refractivity contribution in [3.8, 4) is 5.75 Å². The molecule has 0 saturated carbocycles. The van der Waals surface area contributed by atoms with Crippen LogP contribution in [0.15, 0.2) is 79.3 Å². The minimum atomic E-state index is -0.266. The third-order valence-corrected chi connectivity index (χ3v) is 5.18. The number of ether oxygens (including phenoxy) is 1. The van der Waals surface area contributed by atoms with E-state index in [4.69, 9.17) is 4.74 Å². The van der Waals surface area contributed by atoms with Crippen LogP contribution in [0.2, 0.25) is 0 Å². The maximum atomic E-state index is 12.6. The number of hydrogen-bond donors (Lipinski definition) is 2. The van der Waals surface area contributed by atoms with Crippen molar-refractivity contribution >= 4 is 22.6 Å². The average Bonchev–Trinajstić information content (AvgIpc) is 3.11. The molecule has 6 nitrogen and oxygen atoms in total. The highest BCUT2D eigenvalue weighted by Gasteiger charge is 2.20. The molecule has 6 heteroatoms. The number of carbonyl (C=O) groups excluding carboxylic acids is 1. The maximum absolute atomic E-state index is 12.6. The van der Waals surface area contributed by atoms with Crippen LogP contribution in [-0.4, -0.2) is 29.2 Å². The van der Waals surface area contributed by atoms with Crippen LogP contribution in [0.4, 0.5) is 10.5 Å². The summed E-state index contributed by atoms with van der Waals surface area (Å²) in [6.07, 6.45) is 5.74. The zero-order chi connectivity index (χ0) is 20.9. The van der Waals surface area contributed by atoms with Gasteiger partial charge in [-0.15, -0.1) is 0 Å². The Balaban J connectivity index is 1.57. The molecule has 1 unspecified atom stereocenters. The van der Waals surface area contributed by atoms with Crippen molar-refractivity contribution in [1.29, 1.82) is 0 Å². The van der Waals surface area contributed by atoms with E-state index in [2.05, 4.69) is 38.5 Å². The second-order valence-corrected chi connectivity index (χ2v) is 7.12. The van der Waals surface area contributed by atoms with E-state index < -0.39 is 0 Å². The molecule has 4 rings (SSSR count). The summed E-state index contributed by atoms with van der Waals surface area (Å²) >= 11 is 0. The molecule has 4 aromatic rings. The Morgan fingerprint density at radius 1 is 1.13 bits per heavy atom. The van der Waals surface area contributed by atoms with E-state index in [-0.39, 0.29) is 11.9 Å². The number of nitrogens with one attached hydrogen (secondary N) is 2. The Labute approximate surface area is 175 Å². The molecule has 152 valence electrons. The summed E-state index contributed by atoms with van der Waals surface area (Å²) < 4.78 is 7.33. The van der Waals surface area contributed by atoms with Gasteiger partial charge in [0.25, 0.3) is 0 Å². The SMILES string of the molecule is COc1cccc(NC(=O)NCC(c2cccnc2)c2cn(C)c3ccccc23)c1. The maximum Gasteiger partial charge on any atom is 0.319 e. The van der Waals surface area contributed by atoms with Crippen molar-refractivity contribution in [3.05, 3.63) is 90.4 Å². The number of aromatic nitrogens is 2. The summed E-state index contributed by atoms with van der Waals surface area (Å²) in [7, 11) is 3.64. The highest BCUT2D eigenvalue weighted by Crippen LogP contribution is 2.31. The minimum absolute atomic E-state index is 0.0270. The zero-order valence-corrected chi connectivity index (χ0v) is 17.0. The van der Waals surface area contributed by atoms with Crippen LogP contribution in [0.5, 0.6) is 5.75 Å². The van der Waals surface area contributed by atoms with Crippen molar-refractivity contribution < 1.29 is 9.53 Å². The van der Waals surface area contributed by atoms with Crippen molar-refractivity contribution in [2.45, 2.75) is 5.92 Å². The number of rotatable bonds is 6. The van der Waals surface area contributed by atoms with E-state index in [1.807, 2.05) is 55.7 Å². The lowest BCUT2D eigenvalue weighted by Gasteiger charge is -2.18. The highest BCUT2D eigenvalue weighted by molar-refractivity contribution is 5.90. The van der Waals surface area contributed by atoms with Gasteiger partial charge < -0.3 is 19.9 Å². The van der Waals surface area contributed by atoms with Crippen LogP contribution in [0.3, 0.4) is 0 Å². The first kappa shape index (κ1) is 19.5. The second-order valence-electron chi connectivity index (χ2n) is 7.12. The molecule has 0 spiro atoms. The largest absolute Gasteiger partial charge is 0.497 e. The summed E-state index contributed by atoms with van der Waals surface area (Å²) in [6, 6.07) is 19.3. The number of amides is 2. The van der Waals surface area contributed by atoms with Gasteiger partial charge in [0, 0.05) is 60.8 Å². The molecule has 30 heavy (non-hydrogen) atoms. The predicted molar refractivity (Wildman–Crippen MR) is 119 cm³/mol. The quantitative estimate of drug-likeness (QED) is 0.499. The molecule has 2 aromatic carbocycles. The molecule has 2 aromatic heterocycles. The Kier molecular flexibility index (Phi) is 5.66. The third-order valence-electron chi connectivity index (χ3n) is 5.18. The van der Waals surface area contributed by atoms with Crippen LogP contribution in [-0.2, 0) is 7.05 Å². The first-order valence-electron chi connectivity index (χ1n) is 9.78. The number of nitrogens with zero attached hydrogens (tertiary/aromatic N) is 2. The van der Waals surface area contributed by atoms with Gasteiger partial charge in [-0.1, -0.05) is 30.3 Å². The lowest BCUT2D eigenvalue weighted by Crippen LogP contribution is -2.32. The van der Waals surface area contributed by atoms with Crippen molar-refractivity contribution in [2.24, 2.45) is 7.05 Å². The number of pyridine rings is 1.